The molecule has 0 radical (unpaired) electrons. The molecule has 6 N–H and O–H groups in total. The van der Waals surface area contributed by atoms with Crippen LogP contribution in [0.15, 0.2) is 48.5 Å². The van der Waals surface area contributed by atoms with Gasteiger partial charge >= 0.3 is 0 Å². The van der Waals surface area contributed by atoms with Crippen molar-refractivity contribution in [1.82, 2.24) is 10.3 Å². The third-order valence-corrected chi connectivity index (χ3v) is 7.33. The van der Waals surface area contributed by atoms with Gasteiger partial charge < -0.3 is 21.8 Å². The lowest BCUT2D eigenvalue weighted by Crippen LogP contribution is -2.40. The van der Waals surface area contributed by atoms with Gasteiger partial charge in [0.15, 0.2) is 0 Å². The summed E-state index contributed by atoms with van der Waals surface area (Å²) in [6, 6.07) is 14.8. The lowest BCUT2D eigenvalue weighted by atomic mass is 9.91. The number of H-pyrrole nitrogens is 1. The third kappa shape index (κ3) is 4.25. The molecule has 5 rings (SSSR count). The van der Waals surface area contributed by atoms with Crippen LogP contribution in [0.2, 0.25) is 10.0 Å². The summed E-state index contributed by atoms with van der Waals surface area (Å²) in [5.74, 6) is -0.667. The monoisotopic (exact) mass is 494 g/mol. The summed E-state index contributed by atoms with van der Waals surface area (Å²) >= 11 is 12.3. The molecule has 174 valence electrons. The molecule has 0 atom stereocenters. The second-order valence-corrected chi connectivity index (χ2v) is 9.72. The second-order valence-electron chi connectivity index (χ2n) is 8.91. The Kier molecular flexibility index (Phi) is 5.98. The van der Waals surface area contributed by atoms with E-state index in [0.29, 0.717) is 26.7 Å². The smallest absolute Gasteiger partial charge is 0.251 e. The van der Waals surface area contributed by atoms with Crippen LogP contribution >= 0.6 is 23.2 Å². The van der Waals surface area contributed by atoms with Gasteiger partial charge in [0.25, 0.3) is 11.8 Å². The Balaban J connectivity index is 1.58. The van der Waals surface area contributed by atoms with Crippen molar-refractivity contribution in [3.8, 4) is 11.1 Å². The average molecular weight is 495 g/mol. The standard InChI is InChI=1S/C26H24Cl2N4O2/c27-21-7-1-13(12-22(21)28)15-10-19-18-9-14(26(34)31-17-5-3-16(29)4-6-17)2-8-23(18)32-24(19)20(11-15)25(30)33/h1-2,7-12,16-17,32H,3-6,29H2,(H2,30,33)(H,31,34)/t16-,17+. The molecule has 0 bridgehead atoms. The molecule has 0 aliphatic heterocycles. The first-order valence-electron chi connectivity index (χ1n) is 11.2. The Morgan fingerprint density at radius 1 is 0.882 bits per heavy atom. The maximum Gasteiger partial charge on any atom is 0.251 e. The minimum Gasteiger partial charge on any atom is -0.366 e. The van der Waals surface area contributed by atoms with Crippen LogP contribution in [0.25, 0.3) is 32.9 Å². The number of rotatable bonds is 4. The number of amides is 2. The molecule has 2 amide bonds. The highest BCUT2D eigenvalue weighted by Gasteiger charge is 2.21. The number of nitrogens with two attached hydrogens (primary N) is 2. The van der Waals surface area contributed by atoms with Crippen molar-refractivity contribution in [2.75, 3.05) is 0 Å². The van der Waals surface area contributed by atoms with Crippen LogP contribution < -0.4 is 16.8 Å². The van der Waals surface area contributed by atoms with Crippen molar-refractivity contribution in [2.24, 2.45) is 11.5 Å². The second kappa shape index (κ2) is 8.95. The quantitative estimate of drug-likeness (QED) is 0.304. The highest BCUT2D eigenvalue weighted by molar-refractivity contribution is 6.42. The Bertz CT molecular complexity index is 1440. The fourth-order valence-corrected chi connectivity index (χ4v) is 5.01. The van der Waals surface area contributed by atoms with Gasteiger partial charge in [-0.05, 0) is 79.3 Å². The van der Waals surface area contributed by atoms with Gasteiger partial charge in [-0.1, -0.05) is 29.3 Å². The summed E-state index contributed by atoms with van der Waals surface area (Å²) in [7, 11) is 0. The Labute approximate surface area is 206 Å². The van der Waals surface area contributed by atoms with Gasteiger partial charge in [0.05, 0.1) is 21.1 Å². The van der Waals surface area contributed by atoms with Crippen LogP contribution in [0.1, 0.15) is 46.4 Å². The number of primary amides is 1. The molecule has 0 saturated heterocycles. The first-order valence-corrected chi connectivity index (χ1v) is 12.0. The van der Waals surface area contributed by atoms with Gasteiger partial charge in [0.1, 0.15) is 0 Å². The summed E-state index contributed by atoms with van der Waals surface area (Å²) in [6.45, 7) is 0. The summed E-state index contributed by atoms with van der Waals surface area (Å²) in [5.41, 5.74) is 15.6. The van der Waals surface area contributed by atoms with Crippen molar-refractivity contribution in [3.63, 3.8) is 0 Å². The molecule has 34 heavy (non-hydrogen) atoms. The zero-order chi connectivity index (χ0) is 24.0. The molecule has 1 heterocycles. The van der Waals surface area contributed by atoms with Gasteiger partial charge in [0.2, 0.25) is 0 Å². The molecule has 1 aliphatic carbocycles. The predicted octanol–water partition coefficient (Wildman–Crippen LogP) is 5.39. The maximum atomic E-state index is 13.0. The summed E-state index contributed by atoms with van der Waals surface area (Å²) in [6.07, 6.45) is 3.61. The number of carbonyl (C=O) groups excluding carboxylic acids is 2. The molecule has 4 aromatic rings. The molecule has 1 aliphatic rings. The van der Waals surface area contributed by atoms with Crippen molar-refractivity contribution in [2.45, 2.75) is 37.8 Å². The molecule has 8 heteroatoms. The van der Waals surface area contributed by atoms with Gasteiger partial charge in [-0.25, -0.2) is 0 Å². The lowest BCUT2D eigenvalue weighted by Gasteiger charge is -2.26. The Hall–Kier alpha value is -3.06. The van der Waals surface area contributed by atoms with E-state index < -0.39 is 5.91 Å². The van der Waals surface area contributed by atoms with Gasteiger partial charge in [-0.2, -0.15) is 0 Å². The topological polar surface area (TPSA) is 114 Å². The molecule has 0 spiro atoms. The lowest BCUT2D eigenvalue weighted by molar-refractivity contribution is 0.0925. The number of fused-ring (bicyclic) bond motifs is 3. The van der Waals surface area contributed by atoms with Crippen LogP contribution in [-0.2, 0) is 0 Å². The van der Waals surface area contributed by atoms with E-state index in [1.807, 2.05) is 24.3 Å². The fraction of sp³-hybridized carbons (Fsp3) is 0.231. The van der Waals surface area contributed by atoms with Crippen molar-refractivity contribution < 1.29 is 9.59 Å². The van der Waals surface area contributed by atoms with Gasteiger partial charge in [-0.15, -0.1) is 0 Å². The molecule has 1 fully saturated rings. The average Bonchev–Trinajstić information content (AvgIpc) is 3.19. The van der Waals surface area contributed by atoms with Crippen LogP contribution in [0.5, 0.6) is 0 Å². The number of aromatic nitrogens is 1. The normalized spacial score (nSPS) is 18.3. The van der Waals surface area contributed by atoms with E-state index in [-0.39, 0.29) is 18.0 Å². The maximum absolute atomic E-state index is 13.0. The van der Waals surface area contributed by atoms with Crippen molar-refractivity contribution in [1.29, 1.82) is 0 Å². The molecule has 1 aromatic heterocycles. The van der Waals surface area contributed by atoms with Crippen molar-refractivity contribution >= 4 is 56.8 Å². The number of nitrogens with one attached hydrogen (secondary N) is 2. The largest absolute Gasteiger partial charge is 0.366 e. The Morgan fingerprint density at radius 2 is 1.65 bits per heavy atom. The molecule has 1 saturated carbocycles. The SMILES string of the molecule is NC(=O)c1cc(-c2ccc(Cl)c(Cl)c2)cc2c1[nH]c1ccc(C(=O)N[C@H]3CC[C@@H](N)CC3)cc12. The number of hydrogen-bond donors (Lipinski definition) is 4. The number of carbonyl (C=O) groups is 2. The molecule has 3 aromatic carbocycles. The number of aromatic amines is 1. The molecular formula is C26H24Cl2N4O2. The number of benzene rings is 3. The van der Waals surface area contributed by atoms with E-state index in [0.717, 1.165) is 53.1 Å². The van der Waals surface area contributed by atoms with Gasteiger partial charge in [0, 0.05) is 33.9 Å². The number of halogens is 2. The van der Waals surface area contributed by atoms with E-state index in [2.05, 4.69) is 10.3 Å². The zero-order valence-electron chi connectivity index (χ0n) is 18.3. The minimum absolute atomic E-state index is 0.118. The van der Waals surface area contributed by atoms with Crippen LogP contribution in [0.3, 0.4) is 0 Å². The molecule has 6 nitrogen and oxygen atoms in total. The van der Waals surface area contributed by atoms with E-state index in [1.165, 1.54) is 0 Å². The first kappa shape index (κ1) is 22.7. The van der Waals surface area contributed by atoms with Crippen LogP contribution in [0.4, 0.5) is 0 Å². The fourth-order valence-electron chi connectivity index (χ4n) is 4.71. The predicted molar refractivity (Wildman–Crippen MR) is 137 cm³/mol. The molecular weight excluding hydrogens is 471 g/mol. The highest BCUT2D eigenvalue weighted by atomic mass is 35.5. The minimum atomic E-state index is -0.549. The van der Waals surface area contributed by atoms with E-state index in [4.69, 9.17) is 34.7 Å². The Morgan fingerprint density at radius 3 is 2.35 bits per heavy atom. The third-order valence-electron chi connectivity index (χ3n) is 6.60. The van der Waals surface area contributed by atoms with E-state index in [9.17, 15) is 9.59 Å². The van der Waals surface area contributed by atoms with E-state index in [1.54, 1.807) is 24.3 Å². The number of hydrogen-bond acceptors (Lipinski definition) is 3. The van der Waals surface area contributed by atoms with Crippen LogP contribution in [0, 0.1) is 0 Å². The summed E-state index contributed by atoms with van der Waals surface area (Å²) in [5, 5.41) is 5.63. The first-order chi connectivity index (χ1) is 16.3. The zero-order valence-corrected chi connectivity index (χ0v) is 19.8. The highest BCUT2D eigenvalue weighted by Crippen LogP contribution is 2.35. The van der Waals surface area contributed by atoms with Gasteiger partial charge in [-0.3, -0.25) is 9.59 Å². The van der Waals surface area contributed by atoms with E-state index >= 15 is 0 Å². The van der Waals surface area contributed by atoms with Crippen molar-refractivity contribution in [3.05, 3.63) is 69.7 Å². The summed E-state index contributed by atoms with van der Waals surface area (Å²) in [4.78, 5) is 28.6. The van der Waals surface area contributed by atoms with Crippen LogP contribution in [-0.4, -0.2) is 28.9 Å². The molecule has 0 unspecified atom stereocenters. The summed E-state index contributed by atoms with van der Waals surface area (Å²) < 4.78 is 0.